The SMILES string of the molecule is CC(CCc1cccc2nccnc12)c1cc(Cl)cc(Cl)c1. The minimum absolute atomic E-state index is 0.378. The van der Waals surface area contributed by atoms with Crippen molar-refractivity contribution in [1.29, 1.82) is 0 Å². The van der Waals surface area contributed by atoms with Gasteiger partial charge >= 0.3 is 0 Å². The number of rotatable bonds is 4. The van der Waals surface area contributed by atoms with Crippen LogP contribution in [0.15, 0.2) is 48.8 Å². The van der Waals surface area contributed by atoms with Gasteiger partial charge in [-0.2, -0.15) is 0 Å². The summed E-state index contributed by atoms with van der Waals surface area (Å²) in [5.74, 6) is 0.378. The molecule has 22 heavy (non-hydrogen) atoms. The third-order valence-electron chi connectivity index (χ3n) is 3.88. The number of nitrogens with zero attached hydrogens (tertiary/aromatic N) is 2. The van der Waals surface area contributed by atoms with Crippen LogP contribution in [-0.2, 0) is 6.42 Å². The topological polar surface area (TPSA) is 25.8 Å². The zero-order valence-corrected chi connectivity index (χ0v) is 13.8. The molecule has 4 heteroatoms. The molecule has 2 aromatic carbocycles. The molecule has 0 aliphatic carbocycles. The molecular formula is C18H16Cl2N2. The van der Waals surface area contributed by atoms with E-state index in [1.165, 1.54) is 11.1 Å². The summed E-state index contributed by atoms with van der Waals surface area (Å²) in [7, 11) is 0. The van der Waals surface area contributed by atoms with Crippen LogP contribution < -0.4 is 0 Å². The Morgan fingerprint density at radius 1 is 1.00 bits per heavy atom. The van der Waals surface area contributed by atoms with Crippen molar-refractivity contribution in [2.45, 2.75) is 25.7 Å². The van der Waals surface area contributed by atoms with Gasteiger partial charge in [0.2, 0.25) is 0 Å². The van der Waals surface area contributed by atoms with E-state index in [0.29, 0.717) is 16.0 Å². The van der Waals surface area contributed by atoms with Crippen LogP contribution in [0.2, 0.25) is 10.0 Å². The first-order valence-electron chi connectivity index (χ1n) is 7.28. The summed E-state index contributed by atoms with van der Waals surface area (Å²) in [6.07, 6.45) is 5.42. The highest BCUT2D eigenvalue weighted by Gasteiger charge is 2.10. The molecule has 0 aliphatic heterocycles. The van der Waals surface area contributed by atoms with Gasteiger partial charge in [0, 0.05) is 22.4 Å². The van der Waals surface area contributed by atoms with Crippen LogP contribution in [0.4, 0.5) is 0 Å². The van der Waals surface area contributed by atoms with Gasteiger partial charge in [0.1, 0.15) is 0 Å². The molecule has 0 saturated heterocycles. The lowest BCUT2D eigenvalue weighted by atomic mass is 9.93. The molecule has 0 radical (unpaired) electrons. The third kappa shape index (κ3) is 3.40. The van der Waals surface area contributed by atoms with Crippen LogP contribution in [0, 0.1) is 0 Å². The number of hydrogen-bond acceptors (Lipinski definition) is 2. The molecular weight excluding hydrogens is 315 g/mol. The van der Waals surface area contributed by atoms with Crippen LogP contribution in [-0.4, -0.2) is 9.97 Å². The maximum atomic E-state index is 6.09. The Morgan fingerprint density at radius 3 is 2.50 bits per heavy atom. The summed E-state index contributed by atoms with van der Waals surface area (Å²) in [4.78, 5) is 8.81. The highest BCUT2D eigenvalue weighted by molar-refractivity contribution is 6.34. The van der Waals surface area contributed by atoms with Gasteiger partial charge in [0.05, 0.1) is 11.0 Å². The van der Waals surface area contributed by atoms with E-state index in [0.717, 1.165) is 23.9 Å². The van der Waals surface area contributed by atoms with E-state index in [1.807, 2.05) is 24.3 Å². The van der Waals surface area contributed by atoms with Crippen molar-refractivity contribution >= 4 is 34.2 Å². The Morgan fingerprint density at radius 2 is 1.73 bits per heavy atom. The maximum Gasteiger partial charge on any atom is 0.0918 e. The average Bonchev–Trinajstić information content (AvgIpc) is 2.51. The summed E-state index contributed by atoms with van der Waals surface area (Å²) in [6, 6.07) is 11.9. The molecule has 1 heterocycles. The van der Waals surface area contributed by atoms with E-state index >= 15 is 0 Å². The molecule has 1 aromatic heterocycles. The third-order valence-corrected chi connectivity index (χ3v) is 4.32. The lowest BCUT2D eigenvalue weighted by Gasteiger charge is -2.13. The maximum absolute atomic E-state index is 6.09. The first-order chi connectivity index (χ1) is 10.6. The van der Waals surface area contributed by atoms with Gasteiger partial charge < -0.3 is 0 Å². The summed E-state index contributed by atoms with van der Waals surface area (Å²) in [6.45, 7) is 2.19. The van der Waals surface area contributed by atoms with Crippen molar-refractivity contribution in [3.05, 3.63) is 70.0 Å². The summed E-state index contributed by atoms with van der Waals surface area (Å²) >= 11 is 12.2. The fourth-order valence-corrected chi connectivity index (χ4v) is 3.20. The lowest BCUT2D eigenvalue weighted by molar-refractivity contribution is 0.681. The van der Waals surface area contributed by atoms with Crippen LogP contribution in [0.5, 0.6) is 0 Å². The highest BCUT2D eigenvalue weighted by atomic mass is 35.5. The van der Waals surface area contributed by atoms with Crippen LogP contribution in [0.1, 0.15) is 30.4 Å². The van der Waals surface area contributed by atoms with E-state index in [4.69, 9.17) is 23.2 Å². The number of para-hydroxylation sites is 1. The van der Waals surface area contributed by atoms with Gasteiger partial charge in [-0.3, -0.25) is 9.97 Å². The highest BCUT2D eigenvalue weighted by Crippen LogP contribution is 2.28. The van der Waals surface area contributed by atoms with Crippen molar-refractivity contribution in [2.24, 2.45) is 0 Å². The Balaban J connectivity index is 1.79. The smallest absolute Gasteiger partial charge is 0.0918 e. The fraction of sp³-hybridized carbons (Fsp3) is 0.222. The lowest BCUT2D eigenvalue weighted by Crippen LogP contribution is -1.98. The summed E-state index contributed by atoms with van der Waals surface area (Å²) in [5, 5.41) is 1.37. The Hall–Kier alpha value is -1.64. The predicted octanol–water partition coefficient (Wildman–Crippen LogP) is 5.67. The molecule has 1 unspecified atom stereocenters. The Bertz CT molecular complexity index is 776. The molecule has 3 rings (SSSR count). The Kier molecular flexibility index (Phi) is 4.60. The number of aryl methyl sites for hydroxylation is 1. The van der Waals surface area contributed by atoms with Gasteiger partial charge in [-0.15, -0.1) is 0 Å². The van der Waals surface area contributed by atoms with Crippen LogP contribution in [0.25, 0.3) is 11.0 Å². The van der Waals surface area contributed by atoms with E-state index in [1.54, 1.807) is 18.5 Å². The molecule has 0 fully saturated rings. The van der Waals surface area contributed by atoms with Crippen molar-refractivity contribution in [3.63, 3.8) is 0 Å². The Labute approximate surface area is 140 Å². The van der Waals surface area contributed by atoms with Crippen molar-refractivity contribution < 1.29 is 0 Å². The summed E-state index contributed by atoms with van der Waals surface area (Å²) < 4.78 is 0. The minimum Gasteiger partial charge on any atom is -0.253 e. The van der Waals surface area contributed by atoms with Crippen molar-refractivity contribution in [3.8, 4) is 0 Å². The predicted molar refractivity (Wildman–Crippen MR) is 92.7 cm³/mol. The molecule has 2 nitrogen and oxygen atoms in total. The fourth-order valence-electron chi connectivity index (χ4n) is 2.65. The number of benzene rings is 2. The van der Waals surface area contributed by atoms with E-state index in [-0.39, 0.29) is 0 Å². The molecule has 0 amide bonds. The number of hydrogen-bond donors (Lipinski definition) is 0. The van der Waals surface area contributed by atoms with E-state index < -0.39 is 0 Å². The first kappa shape index (κ1) is 15.3. The zero-order chi connectivity index (χ0) is 15.5. The molecule has 3 aromatic rings. The standard InChI is InChI=1S/C18H16Cl2N2/c1-12(14-9-15(19)11-16(20)10-14)5-6-13-3-2-4-17-18(13)22-8-7-21-17/h2-4,7-12H,5-6H2,1H3. The molecule has 112 valence electrons. The molecule has 0 aliphatic rings. The van der Waals surface area contributed by atoms with Gasteiger partial charge in [-0.05, 0) is 54.2 Å². The second kappa shape index (κ2) is 6.64. The van der Waals surface area contributed by atoms with Gasteiger partial charge in [-0.25, -0.2) is 0 Å². The largest absolute Gasteiger partial charge is 0.253 e. The second-order valence-electron chi connectivity index (χ2n) is 5.48. The first-order valence-corrected chi connectivity index (χ1v) is 8.03. The quantitative estimate of drug-likeness (QED) is 0.615. The number of aromatic nitrogens is 2. The van der Waals surface area contributed by atoms with Gasteiger partial charge in [0.25, 0.3) is 0 Å². The molecule has 0 saturated carbocycles. The molecule has 0 bridgehead atoms. The van der Waals surface area contributed by atoms with E-state index in [2.05, 4.69) is 23.0 Å². The van der Waals surface area contributed by atoms with Crippen molar-refractivity contribution in [2.75, 3.05) is 0 Å². The normalized spacial score (nSPS) is 12.5. The van der Waals surface area contributed by atoms with Gasteiger partial charge in [0.15, 0.2) is 0 Å². The van der Waals surface area contributed by atoms with Crippen LogP contribution in [0.3, 0.4) is 0 Å². The number of fused-ring (bicyclic) bond motifs is 1. The molecule has 1 atom stereocenters. The van der Waals surface area contributed by atoms with Crippen LogP contribution >= 0.6 is 23.2 Å². The van der Waals surface area contributed by atoms with Gasteiger partial charge in [-0.1, -0.05) is 42.3 Å². The van der Waals surface area contributed by atoms with Crippen molar-refractivity contribution in [1.82, 2.24) is 9.97 Å². The monoisotopic (exact) mass is 330 g/mol. The summed E-state index contributed by atoms with van der Waals surface area (Å²) in [5.41, 5.74) is 4.33. The van der Waals surface area contributed by atoms with E-state index in [9.17, 15) is 0 Å². The molecule has 0 N–H and O–H groups in total. The second-order valence-corrected chi connectivity index (χ2v) is 6.36. The average molecular weight is 331 g/mol. The minimum atomic E-state index is 0.378. The molecule has 0 spiro atoms. The zero-order valence-electron chi connectivity index (χ0n) is 12.3. The number of halogens is 2.